The number of aliphatic hydroxyl groups is 1. The number of guanidine groups is 1. The molecule has 4 N–H and O–H groups in total. The number of halogens is 1. The lowest BCUT2D eigenvalue weighted by atomic mass is 9.83. The molecular weight excluding hydrogens is 441 g/mol. The molecule has 2 aromatic rings. The average Bonchev–Trinajstić information content (AvgIpc) is 2.64. The topological polar surface area (TPSA) is 79.9 Å². The quantitative estimate of drug-likeness (QED) is 0.300. The number of benzene rings is 2. The molecule has 0 unspecified atom stereocenters. The van der Waals surface area contributed by atoms with E-state index in [1.54, 1.807) is 0 Å². The van der Waals surface area contributed by atoms with Crippen molar-refractivity contribution >= 4 is 35.6 Å². The van der Waals surface area contributed by atoms with Crippen LogP contribution in [0, 0.1) is 5.41 Å². The molecule has 0 saturated carbocycles. The molecule has 0 fully saturated rings. The van der Waals surface area contributed by atoms with Crippen LogP contribution in [0.25, 0.3) is 0 Å². The fourth-order valence-corrected chi connectivity index (χ4v) is 2.45. The Morgan fingerprint density at radius 1 is 1.08 bits per heavy atom. The highest BCUT2D eigenvalue weighted by atomic mass is 127. The van der Waals surface area contributed by atoms with Gasteiger partial charge in [0.15, 0.2) is 5.96 Å². The fourth-order valence-electron chi connectivity index (χ4n) is 2.45. The molecule has 5 nitrogen and oxygen atoms in total. The van der Waals surface area contributed by atoms with Crippen LogP contribution in [0.1, 0.15) is 26.7 Å². The van der Waals surface area contributed by atoms with Crippen LogP contribution in [0.5, 0.6) is 11.5 Å². The maximum absolute atomic E-state index is 9.61. The van der Waals surface area contributed by atoms with Crippen molar-refractivity contribution in [2.45, 2.75) is 26.7 Å². The molecule has 0 atom stereocenters. The Morgan fingerprint density at radius 2 is 1.73 bits per heavy atom. The predicted molar refractivity (Wildman–Crippen MR) is 119 cm³/mol. The summed E-state index contributed by atoms with van der Waals surface area (Å²) >= 11 is 0. The molecule has 0 aliphatic rings. The predicted octanol–water partition coefficient (Wildman–Crippen LogP) is 4.62. The molecule has 142 valence electrons. The van der Waals surface area contributed by atoms with Crippen molar-refractivity contribution in [3.8, 4) is 11.5 Å². The first kappa shape index (κ1) is 22.2. The normalized spacial score (nSPS) is 11.6. The third-order valence-electron chi connectivity index (χ3n) is 4.51. The van der Waals surface area contributed by atoms with Gasteiger partial charge in [0, 0.05) is 17.2 Å². The summed E-state index contributed by atoms with van der Waals surface area (Å²) in [6, 6.07) is 17.2. The number of anilines is 1. The van der Waals surface area contributed by atoms with Gasteiger partial charge in [0.2, 0.25) is 0 Å². The lowest BCUT2D eigenvalue weighted by molar-refractivity contribution is 0.123. The number of hydrogen-bond acceptors (Lipinski definition) is 3. The van der Waals surface area contributed by atoms with E-state index in [4.69, 9.17) is 10.5 Å². The number of ether oxygens (including phenoxy) is 1. The van der Waals surface area contributed by atoms with Crippen molar-refractivity contribution in [3.05, 3.63) is 54.6 Å². The highest BCUT2D eigenvalue weighted by Crippen LogP contribution is 2.26. The standard InChI is InChI=1S/C20H27N3O2.HI/c1-3-20(4-2,15-24)14-22-19(21)23-16-9-8-12-18(13-16)25-17-10-6-5-7-11-17;/h5-13,24H,3-4,14-15H2,1-2H3,(H3,21,22,23);1H. The van der Waals surface area contributed by atoms with Gasteiger partial charge in [-0.25, -0.2) is 0 Å². The molecule has 0 spiro atoms. The number of rotatable bonds is 8. The molecule has 26 heavy (non-hydrogen) atoms. The molecular formula is C20H28IN3O2. The zero-order valence-electron chi connectivity index (χ0n) is 15.3. The highest BCUT2D eigenvalue weighted by Gasteiger charge is 2.24. The molecule has 6 heteroatoms. The first-order valence-electron chi connectivity index (χ1n) is 8.61. The SMILES string of the molecule is CCC(CC)(CO)CN=C(N)Nc1cccc(Oc2ccccc2)c1.I. The number of nitrogens with two attached hydrogens (primary N) is 1. The largest absolute Gasteiger partial charge is 0.457 e. The van der Waals surface area contributed by atoms with Crippen molar-refractivity contribution in [2.24, 2.45) is 16.1 Å². The van der Waals surface area contributed by atoms with Crippen molar-refractivity contribution in [1.29, 1.82) is 0 Å². The summed E-state index contributed by atoms with van der Waals surface area (Å²) in [5.74, 6) is 1.83. The maximum Gasteiger partial charge on any atom is 0.193 e. The second-order valence-corrected chi connectivity index (χ2v) is 6.13. The van der Waals surface area contributed by atoms with Gasteiger partial charge in [-0.3, -0.25) is 4.99 Å². The molecule has 0 radical (unpaired) electrons. The van der Waals surface area contributed by atoms with Crippen LogP contribution in [0.2, 0.25) is 0 Å². The number of hydrogen-bond donors (Lipinski definition) is 3. The first-order valence-corrected chi connectivity index (χ1v) is 8.61. The number of aliphatic hydroxyl groups excluding tert-OH is 1. The van der Waals surface area contributed by atoms with E-state index in [0.717, 1.165) is 30.0 Å². The van der Waals surface area contributed by atoms with Crippen molar-refractivity contribution in [3.63, 3.8) is 0 Å². The minimum atomic E-state index is -0.204. The van der Waals surface area contributed by atoms with E-state index in [1.165, 1.54) is 0 Å². The van der Waals surface area contributed by atoms with Gasteiger partial charge >= 0.3 is 0 Å². The summed E-state index contributed by atoms with van der Waals surface area (Å²) < 4.78 is 5.81. The Labute approximate surface area is 172 Å². The van der Waals surface area contributed by atoms with Crippen LogP contribution in [0.15, 0.2) is 59.6 Å². The molecule has 2 aromatic carbocycles. The zero-order chi connectivity index (χ0) is 18.1. The van der Waals surface area contributed by atoms with Crippen molar-refractivity contribution in [1.82, 2.24) is 0 Å². The summed E-state index contributed by atoms with van der Waals surface area (Å²) in [7, 11) is 0. The Bertz CT molecular complexity index is 680. The van der Waals surface area contributed by atoms with Gasteiger partial charge in [-0.1, -0.05) is 38.1 Å². The molecule has 0 aromatic heterocycles. The van der Waals surface area contributed by atoms with E-state index in [-0.39, 0.29) is 36.0 Å². The van der Waals surface area contributed by atoms with Crippen LogP contribution in [-0.4, -0.2) is 24.2 Å². The van der Waals surface area contributed by atoms with Gasteiger partial charge < -0.3 is 20.9 Å². The van der Waals surface area contributed by atoms with E-state index in [2.05, 4.69) is 24.2 Å². The Kier molecular flexibility index (Phi) is 9.43. The Hall–Kier alpha value is -1.80. The van der Waals surface area contributed by atoms with Gasteiger partial charge in [-0.15, -0.1) is 24.0 Å². The molecule has 0 amide bonds. The van der Waals surface area contributed by atoms with Crippen LogP contribution < -0.4 is 15.8 Å². The lowest BCUT2D eigenvalue weighted by Gasteiger charge is -2.27. The summed E-state index contributed by atoms with van der Waals surface area (Å²) in [5, 5.41) is 12.7. The summed E-state index contributed by atoms with van der Waals surface area (Å²) in [5.41, 5.74) is 6.60. The van der Waals surface area contributed by atoms with Crippen molar-refractivity contribution < 1.29 is 9.84 Å². The first-order chi connectivity index (χ1) is 12.1. The highest BCUT2D eigenvalue weighted by molar-refractivity contribution is 14.0. The van der Waals surface area contributed by atoms with Gasteiger partial charge in [0.25, 0.3) is 0 Å². The van der Waals surface area contributed by atoms with Gasteiger partial charge in [-0.05, 0) is 37.1 Å². The van der Waals surface area contributed by atoms with Gasteiger partial charge in [0.1, 0.15) is 11.5 Å². The second kappa shape index (κ2) is 11.0. The third-order valence-corrected chi connectivity index (χ3v) is 4.51. The minimum Gasteiger partial charge on any atom is -0.457 e. The van der Waals surface area contributed by atoms with E-state index in [1.807, 2.05) is 54.6 Å². The number of para-hydroxylation sites is 1. The lowest BCUT2D eigenvalue weighted by Crippen LogP contribution is -2.30. The van der Waals surface area contributed by atoms with Gasteiger partial charge in [-0.2, -0.15) is 0 Å². The van der Waals surface area contributed by atoms with E-state index >= 15 is 0 Å². The smallest absolute Gasteiger partial charge is 0.193 e. The third kappa shape index (κ3) is 6.49. The minimum absolute atomic E-state index is 0. The van der Waals surface area contributed by atoms with E-state index < -0.39 is 0 Å². The van der Waals surface area contributed by atoms with Crippen molar-refractivity contribution in [2.75, 3.05) is 18.5 Å². The maximum atomic E-state index is 9.61. The molecule has 0 aliphatic carbocycles. The number of aliphatic imine (C=N–C) groups is 1. The molecule has 0 bridgehead atoms. The zero-order valence-corrected chi connectivity index (χ0v) is 17.6. The number of nitrogens with zero attached hydrogens (tertiary/aromatic N) is 1. The monoisotopic (exact) mass is 469 g/mol. The Balaban J connectivity index is 0.00000338. The molecule has 0 heterocycles. The molecule has 0 saturated heterocycles. The summed E-state index contributed by atoms with van der Waals surface area (Å²) in [6.07, 6.45) is 1.72. The molecule has 0 aliphatic heterocycles. The summed E-state index contributed by atoms with van der Waals surface area (Å²) in [4.78, 5) is 4.40. The average molecular weight is 469 g/mol. The van der Waals surface area contributed by atoms with E-state index in [9.17, 15) is 5.11 Å². The number of nitrogens with one attached hydrogen (secondary N) is 1. The van der Waals surface area contributed by atoms with Crippen LogP contribution in [0.3, 0.4) is 0 Å². The van der Waals surface area contributed by atoms with Crippen LogP contribution >= 0.6 is 24.0 Å². The van der Waals surface area contributed by atoms with Crippen LogP contribution in [-0.2, 0) is 0 Å². The van der Waals surface area contributed by atoms with Crippen LogP contribution in [0.4, 0.5) is 5.69 Å². The van der Waals surface area contributed by atoms with E-state index in [0.29, 0.717) is 12.5 Å². The fraction of sp³-hybridized carbons (Fsp3) is 0.350. The second-order valence-electron chi connectivity index (χ2n) is 6.13. The summed E-state index contributed by atoms with van der Waals surface area (Å²) in [6.45, 7) is 4.72. The van der Waals surface area contributed by atoms with Gasteiger partial charge in [0.05, 0.1) is 13.2 Å². The molecule has 2 rings (SSSR count). The Morgan fingerprint density at radius 3 is 2.35 bits per heavy atom.